The van der Waals surface area contributed by atoms with E-state index >= 15 is 0 Å². The molecule has 0 aliphatic heterocycles. The fourth-order valence-electron chi connectivity index (χ4n) is 1.50. The summed E-state index contributed by atoms with van der Waals surface area (Å²) in [6.07, 6.45) is -0.322. The molecule has 0 saturated heterocycles. The number of rotatable bonds is 7. The Morgan fingerprint density at radius 1 is 1.15 bits per heavy atom. The van der Waals surface area contributed by atoms with Crippen LogP contribution in [0, 0.1) is 0 Å². The van der Waals surface area contributed by atoms with Crippen LogP contribution in [-0.4, -0.2) is 58.7 Å². The molecule has 0 aromatic carbocycles. The minimum atomic E-state index is -0.644. The summed E-state index contributed by atoms with van der Waals surface area (Å²) >= 11 is 0. The van der Waals surface area contributed by atoms with Gasteiger partial charge in [-0.25, -0.2) is 0 Å². The first-order valence-corrected chi connectivity index (χ1v) is 4.85. The molecule has 0 rings (SSSR count). The van der Waals surface area contributed by atoms with Crippen LogP contribution in [0.15, 0.2) is 0 Å². The third kappa shape index (κ3) is 4.04. The van der Waals surface area contributed by atoms with Crippen LogP contribution in [0.1, 0.15) is 20.3 Å². The maximum Gasteiger partial charge on any atom is 0.0739 e. The summed E-state index contributed by atoms with van der Waals surface area (Å²) in [6, 6.07) is -0.248. The lowest BCUT2D eigenvalue weighted by Gasteiger charge is -2.31. The number of aliphatic hydroxyl groups is 3. The van der Waals surface area contributed by atoms with Crippen molar-refractivity contribution < 1.29 is 15.3 Å². The molecule has 0 aromatic heterocycles. The molecule has 0 aliphatic carbocycles. The van der Waals surface area contributed by atoms with E-state index in [1.807, 2.05) is 18.7 Å². The maximum absolute atomic E-state index is 9.58. The van der Waals surface area contributed by atoms with Crippen molar-refractivity contribution in [3.05, 3.63) is 0 Å². The minimum Gasteiger partial charge on any atom is -0.396 e. The number of likely N-dealkylation sites (N-methyl/N-ethyl adjacent to an activating group) is 1. The van der Waals surface area contributed by atoms with Gasteiger partial charge in [-0.05, 0) is 19.5 Å². The van der Waals surface area contributed by atoms with Gasteiger partial charge in [-0.2, -0.15) is 0 Å². The van der Waals surface area contributed by atoms with Crippen LogP contribution in [0.25, 0.3) is 0 Å². The van der Waals surface area contributed by atoms with Gasteiger partial charge in [0, 0.05) is 6.61 Å². The Bertz CT molecular complexity index is 117. The van der Waals surface area contributed by atoms with E-state index < -0.39 is 6.10 Å². The number of hydrogen-bond donors (Lipinski definition) is 3. The van der Waals surface area contributed by atoms with Gasteiger partial charge in [-0.15, -0.1) is 0 Å². The molecular formula is C9H21NO3. The number of hydrogen-bond acceptors (Lipinski definition) is 4. The molecule has 2 atom stereocenters. The molecule has 0 saturated carbocycles. The fraction of sp³-hybridized carbons (Fsp3) is 1.00. The first-order valence-electron chi connectivity index (χ1n) is 4.85. The van der Waals surface area contributed by atoms with E-state index in [0.29, 0.717) is 6.42 Å². The fourth-order valence-corrected chi connectivity index (χ4v) is 1.50. The van der Waals surface area contributed by atoms with Crippen LogP contribution in [0.4, 0.5) is 0 Å². The summed E-state index contributed by atoms with van der Waals surface area (Å²) in [5, 5.41) is 27.3. The first kappa shape index (κ1) is 12.8. The second-order valence-electron chi connectivity index (χ2n) is 3.05. The number of aliphatic hydroxyl groups excluding tert-OH is 3. The summed E-state index contributed by atoms with van der Waals surface area (Å²) in [5.74, 6) is 0. The maximum atomic E-state index is 9.58. The van der Waals surface area contributed by atoms with E-state index in [0.717, 1.165) is 13.1 Å². The lowest BCUT2D eigenvalue weighted by atomic mass is 10.1. The van der Waals surface area contributed by atoms with Gasteiger partial charge in [0.2, 0.25) is 0 Å². The predicted molar refractivity (Wildman–Crippen MR) is 51.5 cm³/mol. The Labute approximate surface area is 79.8 Å². The van der Waals surface area contributed by atoms with E-state index in [1.54, 1.807) is 0 Å². The molecule has 0 fully saturated rings. The van der Waals surface area contributed by atoms with Crippen molar-refractivity contribution in [1.29, 1.82) is 0 Å². The summed E-state index contributed by atoms with van der Waals surface area (Å²) < 4.78 is 0. The minimum absolute atomic E-state index is 0.0427. The van der Waals surface area contributed by atoms with E-state index in [1.165, 1.54) is 0 Å². The highest BCUT2D eigenvalue weighted by Gasteiger charge is 2.22. The van der Waals surface area contributed by atoms with Crippen LogP contribution >= 0.6 is 0 Å². The Morgan fingerprint density at radius 2 is 1.69 bits per heavy atom. The lowest BCUT2D eigenvalue weighted by molar-refractivity contribution is 0.00817. The summed E-state index contributed by atoms with van der Waals surface area (Å²) in [5.41, 5.74) is 0. The molecule has 13 heavy (non-hydrogen) atoms. The van der Waals surface area contributed by atoms with Gasteiger partial charge < -0.3 is 15.3 Å². The van der Waals surface area contributed by atoms with Crippen molar-refractivity contribution in [2.45, 2.75) is 32.4 Å². The van der Waals surface area contributed by atoms with Crippen molar-refractivity contribution >= 4 is 0 Å². The van der Waals surface area contributed by atoms with Gasteiger partial charge in [-0.1, -0.05) is 13.8 Å². The zero-order valence-corrected chi connectivity index (χ0v) is 8.48. The molecule has 80 valence electrons. The van der Waals surface area contributed by atoms with Crippen molar-refractivity contribution in [2.75, 3.05) is 26.3 Å². The average molecular weight is 191 g/mol. The van der Waals surface area contributed by atoms with E-state index in [9.17, 15) is 5.11 Å². The molecule has 3 N–H and O–H groups in total. The SMILES string of the molecule is CCN(CC)C(CO)C(O)CCO. The second-order valence-corrected chi connectivity index (χ2v) is 3.05. The van der Waals surface area contributed by atoms with Crippen molar-refractivity contribution in [3.63, 3.8) is 0 Å². The van der Waals surface area contributed by atoms with E-state index in [-0.39, 0.29) is 19.3 Å². The Hall–Kier alpha value is -0.160. The lowest BCUT2D eigenvalue weighted by Crippen LogP contribution is -2.46. The second kappa shape index (κ2) is 7.26. The van der Waals surface area contributed by atoms with E-state index in [2.05, 4.69) is 0 Å². The van der Waals surface area contributed by atoms with Crippen LogP contribution in [0.5, 0.6) is 0 Å². The van der Waals surface area contributed by atoms with Gasteiger partial charge in [0.05, 0.1) is 18.8 Å². The largest absolute Gasteiger partial charge is 0.396 e. The molecule has 0 amide bonds. The molecular weight excluding hydrogens is 170 g/mol. The van der Waals surface area contributed by atoms with Gasteiger partial charge in [-0.3, -0.25) is 4.90 Å². The normalized spacial score (nSPS) is 16.2. The van der Waals surface area contributed by atoms with Crippen molar-refractivity contribution in [3.8, 4) is 0 Å². The van der Waals surface area contributed by atoms with Gasteiger partial charge in [0.1, 0.15) is 0 Å². The Morgan fingerprint density at radius 3 is 2.00 bits per heavy atom. The molecule has 0 aliphatic rings. The molecule has 0 aromatic rings. The molecule has 0 spiro atoms. The predicted octanol–water partition coefficient (Wildman–Crippen LogP) is -0.568. The number of nitrogens with zero attached hydrogens (tertiary/aromatic N) is 1. The summed E-state index contributed by atoms with van der Waals surface area (Å²) in [4.78, 5) is 1.99. The molecule has 4 heteroatoms. The summed E-state index contributed by atoms with van der Waals surface area (Å²) in [7, 11) is 0. The highest BCUT2D eigenvalue weighted by Crippen LogP contribution is 2.07. The Kier molecular flexibility index (Phi) is 7.17. The average Bonchev–Trinajstić information content (AvgIpc) is 2.14. The third-order valence-electron chi connectivity index (χ3n) is 2.34. The first-order chi connectivity index (χ1) is 6.21. The van der Waals surface area contributed by atoms with Crippen LogP contribution in [0.3, 0.4) is 0 Å². The highest BCUT2D eigenvalue weighted by molar-refractivity contribution is 4.76. The van der Waals surface area contributed by atoms with Crippen LogP contribution in [-0.2, 0) is 0 Å². The van der Waals surface area contributed by atoms with Gasteiger partial charge in [0.15, 0.2) is 0 Å². The third-order valence-corrected chi connectivity index (χ3v) is 2.34. The smallest absolute Gasteiger partial charge is 0.0739 e. The zero-order valence-electron chi connectivity index (χ0n) is 8.48. The molecule has 0 radical (unpaired) electrons. The standard InChI is InChI=1S/C9H21NO3/c1-3-10(4-2)8(7-12)9(13)5-6-11/h8-9,11-13H,3-7H2,1-2H3. The van der Waals surface area contributed by atoms with Gasteiger partial charge >= 0.3 is 0 Å². The van der Waals surface area contributed by atoms with Crippen LogP contribution in [0.2, 0.25) is 0 Å². The van der Waals surface area contributed by atoms with Crippen LogP contribution < -0.4 is 0 Å². The highest BCUT2D eigenvalue weighted by atomic mass is 16.3. The topological polar surface area (TPSA) is 63.9 Å². The Balaban J connectivity index is 4.11. The zero-order chi connectivity index (χ0) is 10.3. The molecule has 0 heterocycles. The van der Waals surface area contributed by atoms with Crippen molar-refractivity contribution in [2.24, 2.45) is 0 Å². The monoisotopic (exact) mass is 191 g/mol. The van der Waals surface area contributed by atoms with Gasteiger partial charge in [0.25, 0.3) is 0 Å². The quantitative estimate of drug-likeness (QED) is 0.504. The molecule has 0 bridgehead atoms. The van der Waals surface area contributed by atoms with Crippen molar-refractivity contribution in [1.82, 2.24) is 4.90 Å². The molecule has 4 nitrogen and oxygen atoms in total. The van der Waals surface area contributed by atoms with E-state index in [4.69, 9.17) is 10.2 Å². The summed E-state index contributed by atoms with van der Waals surface area (Å²) in [6.45, 7) is 5.45. The molecule has 2 unspecified atom stereocenters.